The Morgan fingerprint density at radius 3 is 2.46 bits per heavy atom. The molecule has 0 aliphatic carbocycles. The Hall–Kier alpha value is -3.95. The summed E-state index contributed by atoms with van der Waals surface area (Å²) in [7, 11) is 1.52. The second-order valence-corrected chi connectivity index (χ2v) is 10.7. The van der Waals surface area contributed by atoms with Crippen molar-refractivity contribution in [1.29, 1.82) is 0 Å². The third-order valence-electron chi connectivity index (χ3n) is 7.18. The lowest BCUT2D eigenvalue weighted by atomic mass is 9.86. The number of hydrogen-bond donors (Lipinski definition) is 1. The van der Waals surface area contributed by atoms with Gasteiger partial charge in [-0.05, 0) is 57.5 Å². The van der Waals surface area contributed by atoms with Crippen LogP contribution in [0.25, 0.3) is 11.4 Å². The molecular formula is C28H24Cl2N6O3. The number of fused-ring (bicyclic) bond motifs is 4. The number of carbonyl (C=O) groups is 2. The number of imidazole rings is 1. The standard InChI is InChI=1S/C28H24Cl2N6O3/c1-13(2)35-23-22(34-24(35)18-12-31-15(4)32-25(18)39-5)26(37)36(21-11-17(30)7-6-14(21)3)28(23)19-9-8-16(29)10-20(19)33-27(28)38/h6-13H,1-5H3,(H,33,38). The highest BCUT2D eigenvalue weighted by Gasteiger charge is 2.64. The fourth-order valence-corrected chi connectivity index (χ4v) is 5.92. The van der Waals surface area contributed by atoms with E-state index in [0.29, 0.717) is 55.8 Å². The Bertz CT molecular complexity index is 1720. The maximum atomic E-state index is 14.4. The number of amides is 2. The van der Waals surface area contributed by atoms with E-state index in [1.54, 1.807) is 43.5 Å². The molecule has 1 N–H and O–H groups in total. The van der Waals surface area contributed by atoms with E-state index in [1.807, 2.05) is 31.4 Å². The Morgan fingerprint density at radius 2 is 1.74 bits per heavy atom. The van der Waals surface area contributed by atoms with Gasteiger partial charge in [0.05, 0.1) is 24.1 Å². The highest BCUT2D eigenvalue weighted by atomic mass is 35.5. The molecule has 2 aromatic heterocycles. The van der Waals surface area contributed by atoms with Crippen molar-refractivity contribution in [3.63, 3.8) is 0 Å². The summed E-state index contributed by atoms with van der Waals surface area (Å²) in [5.41, 5.74) is 1.92. The lowest BCUT2D eigenvalue weighted by Gasteiger charge is -2.36. The second kappa shape index (κ2) is 8.79. The average molecular weight is 563 g/mol. The number of ether oxygens (including phenoxy) is 1. The van der Waals surface area contributed by atoms with Crippen LogP contribution >= 0.6 is 23.2 Å². The molecule has 6 rings (SSSR count). The zero-order valence-electron chi connectivity index (χ0n) is 21.8. The molecule has 0 saturated carbocycles. The van der Waals surface area contributed by atoms with Crippen molar-refractivity contribution in [2.24, 2.45) is 0 Å². The van der Waals surface area contributed by atoms with Crippen LogP contribution in [-0.2, 0) is 10.3 Å². The van der Waals surface area contributed by atoms with E-state index in [0.717, 1.165) is 5.56 Å². The predicted octanol–water partition coefficient (Wildman–Crippen LogP) is 5.71. The molecule has 9 nitrogen and oxygen atoms in total. The molecule has 1 atom stereocenters. The van der Waals surface area contributed by atoms with Crippen molar-refractivity contribution in [2.45, 2.75) is 39.3 Å². The number of rotatable bonds is 4. The molecule has 0 fully saturated rings. The summed E-state index contributed by atoms with van der Waals surface area (Å²) in [4.78, 5) is 43.8. The Balaban J connectivity index is 1.74. The topological polar surface area (TPSA) is 102 Å². The molecule has 2 aromatic carbocycles. The van der Waals surface area contributed by atoms with Crippen molar-refractivity contribution in [2.75, 3.05) is 17.3 Å². The Labute approximate surface area is 234 Å². The zero-order chi connectivity index (χ0) is 27.8. The maximum absolute atomic E-state index is 14.4. The van der Waals surface area contributed by atoms with E-state index in [9.17, 15) is 9.59 Å². The van der Waals surface area contributed by atoms with Crippen LogP contribution in [0.15, 0.2) is 42.6 Å². The fraction of sp³-hybridized carbons (Fsp3) is 0.250. The normalized spacial score (nSPS) is 17.7. The van der Waals surface area contributed by atoms with Crippen LogP contribution in [0, 0.1) is 13.8 Å². The molecule has 2 amide bonds. The van der Waals surface area contributed by atoms with E-state index >= 15 is 0 Å². The number of aryl methyl sites for hydroxylation is 2. The number of hydrogen-bond acceptors (Lipinski definition) is 6. The van der Waals surface area contributed by atoms with E-state index in [-0.39, 0.29) is 11.7 Å². The number of methoxy groups -OCH3 is 1. The molecular weight excluding hydrogens is 539 g/mol. The van der Waals surface area contributed by atoms with Crippen LogP contribution in [0.3, 0.4) is 0 Å². The molecule has 198 valence electrons. The number of benzene rings is 2. The quantitative estimate of drug-likeness (QED) is 0.341. The largest absolute Gasteiger partial charge is 0.480 e. The lowest BCUT2D eigenvalue weighted by molar-refractivity contribution is -0.119. The van der Waals surface area contributed by atoms with Crippen LogP contribution in [-0.4, -0.2) is 38.4 Å². The minimum Gasteiger partial charge on any atom is -0.480 e. The summed E-state index contributed by atoms with van der Waals surface area (Å²) in [6, 6.07) is 10.2. The van der Waals surface area contributed by atoms with Gasteiger partial charge in [0.1, 0.15) is 11.6 Å². The smallest absolute Gasteiger partial charge is 0.280 e. The Kier molecular flexibility index (Phi) is 5.71. The van der Waals surface area contributed by atoms with E-state index in [4.69, 9.17) is 32.9 Å². The first kappa shape index (κ1) is 25.3. The lowest BCUT2D eigenvalue weighted by Crippen LogP contribution is -2.51. The third-order valence-corrected chi connectivity index (χ3v) is 7.65. The summed E-state index contributed by atoms with van der Waals surface area (Å²) in [5.74, 6) is 0.451. The number of nitrogens with one attached hydrogen (secondary N) is 1. The monoisotopic (exact) mass is 562 g/mol. The molecule has 1 spiro atoms. The van der Waals surface area contributed by atoms with Gasteiger partial charge in [0.25, 0.3) is 11.8 Å². The average Bonchev–Trinajstić information content (AvgIpc) is 3.49. The number of carbonyl (C=O) groups excluding carboxylic acids is 2. The van der Waals surface area contributed by atoms with E-state index < -0.39 is 17.4 Å². The van der Waals surface area contributed by atoms with Crippen molar-refractivity contribution in [3.05, 3.63) is 81.0 Å². The summed E-state index contributed by atoms with van der Waals surface area (Å²) in [6.45, 7) is 7.56. The predicted molar refractivity (Wildman–Crippen MR) is 149 cm³/mol. The first-order chi connectivity index (χ1) is 18.6. The molecule has 11 heteroatoms. The molecule has 0 bridgehead atoms. The van der Waals surface area contributed by atoms with E-state index in [2.05, 4.69) is 15.3 Å². The minimum absolute atomic E-state index is 0.152. The van der Waals surface area contributed by atoms with Crippen LogP contribution < -0.4 is 15.0 Å². The van der Waals surface area contributed by atoms with Gasteiger partial charge >= 0.3 is 0 Å². The van der Waals surface area contributed by atoms with Gasteiger partial charge in [0.2, 0.25) is 5.88 Å². The summed E-state index contributed by atoms with van der Waals surface area (Å²) in [5, 5.41) is 3.87. The van der Waals surface area contributed by atoms with Gasteiger partial charge in [-0.3, -0.25) is 14.5 Å². The zero-order valence-corrected chi connectivity index (χ0v) is 23.3. The van der Waals surface area contributed by atoms with Gasteiger partial charge in [0.15, 0.2) is 11.2 Å². The molecule has 0 saturated heterocycles. The van der Waals surface area contributed by atoms with Crippen LogP contribution in [0.4, 0.5) is 11.4 Å². The number of aromatic nitrogens is 4. The summed E-state index contributed by atoms with van der Waals surface area (Å²) < 4.78 is 7.46. The van der Waals surface area contributed by atoms with Gasteiger partial charge < -0.3 is 14.6 Å². The van der Waals surface area contributed by atoms with Gasteiger partial charge in [-0.25, -0.2) is 9.97 Å². The molecule has 2 aliphatic rings. The van der Waals surface area contributed by atoms with Gasteiger partial charge in [-0.1, -0.05) is 35.3 Å². The number of anilines is 2. The SMILES string of the molecule is COc1nc(C)ncc1-c1nc2c(n1C(C)C)C1(C(=O)Nc3cc(Cl)ccc31)N(c1cc(Cl)ccc1C)C2=O. The Morgan fingerprint density at radius 1 is 1.03 bits per heavy atom. The second-order valence-electron chi connectivity index (χ2n) is 9.86. The fourth-order valence-electron chi connectivity index (χ4n) is 5.58. The van der Waals surface area contributed by atoms with Gasteiger partial charge in [-0.15, -0.1) is 0 Å². The number of halogens is 2. The van der Waals surface area contributed by atoms with Crippen LogP contribution in [0.1, 0.15) is 53.0 Å². The van der Waals surface area contributed by atoms with Crippen molar-refractivity contribution >= 4 is 46.4 Å². The van der Waals surface area contributed by atoms with Gasteiger partial charge in [-0.2, -0.15) is 4.98 Å². The molecule has 2 aliphatic heterocycles. The van der Waals surface area contributed by atoms with Crippen molar-refractivity contribution in [3.8, 4) is 17.3 Å². The van der Waals surface area contributed by atoms with Gasteiger partial charge in [0, 0.05) is 33.5 Å². The molecule has 39 heavy (non-hydrogen) atoms. The molecule has 1 unspecified atom stereocenters. The first-order valence-corrected chi connectivity index (χ1v) is 13.1. The van der Waals surface area contributed by atoms with E-state index in [1.165, 1.54) is 12.0 Å². The minimum atomic E-state index is -1.57. The van der Waals surface area contributed by atoms with Crippen LogP contribution in [0.2, 0.25) is 10.0 Å². The molecule has 4 heterocycles. The molecule has 0 radical (unpaired) electrons. The summed E-state index contributed by atoms with van der Waals surface area (Å²) >= 11 is 12.7. The maximum Gasteiger partial charge on any atom is 0.280 e. The number of nitrogens with zero attached hydrogens (tertiary/aromatic N) is 5. The summed E-state index contributed by atoms with van der Waals surface area (Å²) in [6.07, 6.45) is 1.62. The van der Waals surface area contributed by atoms with Crippen molar-refractivity contribution in [1.82, 2.24) is 19.5 Å². The molecule has 4 aromatic rings. The highest BCUT2D eigenvalue weighted by molar-refractivity contribution is 6.32. The first-order valence-electron chi connectivity index (χ1n) is 12.3. The highest BCUT2D eigenvalue weighted by Crippen LogP contribution is 2.55. The van der Waals surface area contributed by atoms with Crippen molar-refractivity contribution < 1.29 is 14.3 Å². The van der Waals surface area contributed by atoms with Crippen LogP contribution in [0.5, 0.6) is 5.88 Å². The third kappa shape index (κ3) is 3.43.